The van der Waals surface area contributed by atoms with E-state index in [1.54, 1.807) is 0 Å². The van der Waals surface area contributed by atoms with Gasteiger partial charge in [0.2, 0.25) is 5.91 Å². The number of carbonyl (C=O) groups is 1. The van der Waals surface area contributed by atoms with Gasteiger partial charge >= 0.3 is 0 Å². The second kappa shape index (κ2) is 6.81. The lowest BCUT2D eigenvalue weighted by molar-refractivity contribution is -0.130. The highest BCUT2D eigenvalue weighted by molar-refractivity contribution is 7.80. The quantitative estimate of drug-likeness (QED) is 0.809. The number of hydrogen-bond donors (Lipinski definition) is 2. The zero-order valence-corrected chi connectivity index (χ0v) is 12.5. The van der Waals surface area contributed by atoms with Crippen LogP contribution in [0.3, 0.4) is 0 Å². The van der Waals surface area contributed by atoms with E-state index in [9.17, 15) is 4.79 Å². The molecule has 1 aromatic rings. The minimum Gasteiger partial charge on any atom is -0.393 e. The van der Waals surface area contributed by atoms with Gasteiger partial charge in [-0.15, -0.1) is 0 Å². The summed E-state index contributed by atoms with van der Waals surface area (Å²) in [7, 11) is 0. The molecule has 1 aliphatic heterocycles. The summed E-state index contributed by atoms with van der Waals surface area (Å²) in [5.41, 5.74) is 6.92. The number of nitrogens with zero attached hydrogens (tertiary/aromatic N) is 1. The summed E-state index contributed by atoms with van der Waals surface area (Å²) in [6, 6.07) is 10.1. The Bertz CT molecular complexity index is 477. The minimum absolute atomic E-state index is 0.0738. The predicted molar refractivity (Wildman–Crippen MR) is 84.4 cm³/mol. The molecule has 0 aliphatic carbocycles. The molecule has 1 heterocycles. The molecule has 1 amide bonds. The first-order valence-corrected chi connectivity index (χ1v) is 7.41. The Kier molecular flexibility index (Phi) is 5.09. The molecule has 3 N–H and O–H groups in total. The molecule has 1 fully saturated rings. The maximum Gasteiger partial charge on any atom is 0.237 e. The molecule has 0 radical (unpaired) electrons. The van der Waals surface area contributed by atoms with Gasteiger partial charge in [-0.05, 0) is 12.0 Å². The van der Waals surface area contributed by atoms with Crippen LogP contribution in [0.2, 0.25) is 0 Å². The lowest BCUT2D eigenvalue weighted by Gasteiger charge is -2.40. The number of rotatable bonds is 5. The first kappa shape index (κ1) is 14.9. The van der Waals surface area contributed by atoms with Crippen LogP contribution in [0.5, 0.6) is 0 Å². The van der Waals surface area contributed by atoms with Gasteiger partial charge in [0.05, 0.1) is 11.0 Å². The molecule has 1 aliphatic rings. The van der Waals surface area contributed by atoms with Crippen LogP contribution in [-0.4, -0.2) is 34.9 Å². The molecule has 2 rings (SSSR count). The fraction of sp³-hybridized carbons (Fsp3) is 0.467. The van der Waals surface area contributed by atoms with Gasteiger partial charge in [-0.3, -0.25) is 9.69 Å². The van der Waals surface area contributed by atoms with Crippen molar-refractivity contribution < 1.29 is 4.79 Å². The SMILES string of the molecule is CCC1C(=O)NCCN1C(CC(N)=S)c1ccccc1. The van der Waals surface area contributed by atoms with Crippen molar-refractivity contribution in [1.82, 2.24) is 10.2 Å². The largest absolute Gasteiger partial charge is 0.393 e. The van der Waals surface area contributed by atoms with Gasteiger partial charge in [0, 0.05) is 25.6 Å². The van der Waals surface area contributed by atoms with Crippen molar-refractivity contribution in [2.24, 2.45) is 5.73 Å². The van der Waals surface area contributed by atoms with E-state index >= 15 is 0 Å². The molecule has 1 saturated heterocycles. The number of piperazine rings is 1. The fourth-order valence-electron chi connectivity index (χ4n) is 2.82. The van der Waals surface area contributed by atoms with Crippen molar-refractivity contribution in [1.29, 1.82) is 0 Å². The first-order valence-electron chi connectivity index (χ1n) is 7.00. The highest BCUT2D eigenvalue weighted by Crippen LogP contribution is 2.28. The zero-order valence-electron chi connectivity index (χ0n) is 11.7. The number of carbonyl (C=O) groups excluding carboxylic acids is 1. The van der Waals surface area contributed by atoms with E-state index in [1.807, 2.05) is 25.1 Å². The highest BCUT2D eigenvalue weighted by atomic mass is 32.1. The Morgan fingerprint density at radius 3 is 2.80 bits per heavy atom. The lowest BCUT2D eigenvalue weighted by Crippen LogP contribution is -2.56. The van der Waals surface area contributed by atoms with Crippen LogP contribution >= 0.6 is 12.2 Å². The van der Waals surface area contributed by atoms with E-state index in [4.69, 9.17) is 18.0 Å². The Morgan fingerprint density at radius 2 is 2.20 bits per heavy atom. The van der Waals surface area contributed by atoms with Crippen molar-refractivity contribution in [3.05, 3.63) is 35.9 Å². The van der Waals surface area contributed by atoms with Crippen LogP contribution < -0.4 is 11.1 Å². The third kappa shape index (κ3) is 3.35. The molecule has 0 bridgehead atoms. The summed E-state index contributed by atoms with van der Waals surface area (Å²) < 4.78 is 0. The van der Waals surface area contributed by atoms with E-state index in [0.29, 0.717) is 18.0 Å². The second-order valence-electron chi connectivity index (χ2n) is 5.05. The van der Waals surface area contributed by atoms with E-state index in [1.165, 1.54) is 0 Å². The van der Waals surface area contributed by atoms with Crippen molar-refractivity contribution in [2.75, 3.05) is 13.1 Å². The Labute approximate surface area is 125 Å². The molecule has 5 heteroatoms. The molecule has 0 spiro atoms. The van der Waals surface area contributed by atoms with Gasteiger partial charge in [0.1, 0.15) is 0 Å². The number of hydrogen-bond acceptors (Lipinski definition) is 3. The number of nitrogens with one attached hydrogen (secondary N) is 1. The molecule has 4 nitrogen and oxygen atoms in total. The van der Waals surface area contributed by atoms with E-state index in [-0.39, 0.29) is 18.0 Å². The topological polar surface area (TPSA) is 58.4 Å². The van der Waals surface area contributed by atoms with Gasteiger partial charge < -0.3 is 11.1 Å². The molecule has 0 saturated carbocycles. The van der Waals surface area contributed by atoms with Crippen molar-refractivity contribution in [3.8, 4) is 0 Å². The van der Waals surface area contributed by atoms with Crippen molar-refractivity contribution in [2.45, 2.75) is 31.8 Å². The maximum atomic E-state index is 12.0. The van der Waals surface area contributed by atoms with Crippen LogP contribution in [-0.2, 0) is 4.79 Å². The number of amides is 1. The molecule has 1 aromatic carbocycles. The summed E-state index contributed by atoms with van der Waals surface area (Å²) in [5.74, 6) is 0.0996. The lowest BCUT2D eigenvalue weighted by atomic mass is 9.97. The normalized spacial score (nSPS) is 21.2. The van der Waals surface area contributed by atoms with Crippen LogP contribution in [0.25, 0.3) is 0 Å². The molecular formula is C15H21N3OS. The van der Waals surface area contributed by atoms with E-state index < -0.39 is 0 Å². The minimum atomic E-state index is -0.108. The summed E-state index contributed by atoms with van der Waals surface area (Å²) in [6.45, 7) is 3.54. The average molecular weight is 291 g/mol. The third-order valence-electron chi connectivity index (χ3n) is 3.74. The van der Waals surface area contributed by atoms with Crippen molar-refractivity contribution >= 4 is 23.1 Å². The second-order valence-corrected chi connectivity index (χ2v) is 5.57. The van der Waals surface area contributed by atoms with Crippen molar-refractivity contribution in [3.63, 3.8) is 0 Å². The maximum absolute atomic E-state index is 12.0. The van der Waals surface area contributed by atoms with E-state index in [0.717, 1.165) is 18.5 Å². The first-order chi connectivity index (χ1) is 9.63. The summed E-state index contributed by atoms with van der Waals surface area (Å²) >= 11 is 5.10. The van der Waals surface area contributed by atoms with Gasteiger partial charge in [0.25, 0.3) is 0 Å². The monoisotopic (exact) mass is 291 g/mol. The number of thiocarbonyl (C=S) groups is 1. The van der Waals surface area contributed by atoms with Crippen LogP contribution in [0.4, 0.5) is 0 Å². The molecule has 20 heavy (non-hydrogen) atoms. The van der Waals surface area contributed by atoms with Crippen LogP contribution in [0.1, 0.15) is 31.4 Å². The molecular weight excluding hydrogens is 270 g/mol. The predicted octanol–water partition coefficient (Wildman–Crippen LogP) is 1.61. The molecule has 2 atom stereocenters. The summed E-state index contributed by atoms with van der Waals surface area (Å²) in [4.78, 5) is 14.8. The zero-order chi connectivity index (χ0) is 14.5. The smallest absolute Gasteiger partial charge is 0.237 e. The number of benzene rings is 1. The van der Waals surface area contributed by atoms with Gasteiger partial charge in [-0.25, -0.2) is 0 Å². The molecule has 2 unspecified atom stereocenters. The Morgan fingerprint density at radius 1 is 1.50 bits per heavy atom. The van der Waals surface area contributed by atoms with E-state index in [2.05, 4.69) is 22.3 Å². The molecule has 108 valence electrons. The standard InChI is InChI=1S/C15H21N3OS/c1-2-12-15(19)17-8-9-18(12)13(10-14(16)20)11-6-4-3-5-7-11/h3-7,12-13H,2,8-10H2,1H3,(H2,16,20)(H,17,19). The summed E-state index contributed by atoms with van der Waals surface area (Å²) in [6.07, 6.45) is 1.38. The third-order valence-corrected chi connectivity index (χ3v) is 3.90. The fourth-order valence-corrected chi connectivity index (χ4v) is 2.98. The average Bonchev–Trinajstić information content (AvgIpc) is 2.45. The Hall–Kier alpha value is -1.46. The summed E-state index contributed by atoms with van der Waals surface area (Å²) in [5, 5.41) is 2.93. The van der Waals surface area contributed by atoms with Gasteiger partial charge in [-0.1, -0.05) is 49.5 Å². The molecule has 0 aromatic heterocycles. The van der Waals surface area contributed by atoms with Crippen LogP contribution in [0, 0.1) is 0 Å². The van der Waals surface area contributed by atoms with Gasteiger partial charge in [-0.2, -0.15) is 0 Å². The van der Waals surface area contributed by atoms with Crippen LogP contribution in [0.15, 0.2) is 30.3 Å². The Balaban J connectivity index is 2.30. The number of nitrogens with two attached hydrogens (primary N) is 1. The van der Waals surface area contributed by atoms with Gasteiger partial charge in [0.15, 0.2) is 0 Å². The highest BCUT2D eigenvalue weighted by Gasteiger charge is 2.33.